The monoisotopic (exact) mass is 315 g/mol. The van der Waals surface area contributed by atoms with Crippen molar-refractivity contribution in [1.29, 1.82) is 0 Å². The molecule has 0 aliphatic carbocycles. The van der Waals surface area contributed by atoms with Crippen LogP contribution in [0.3, 0.4) is 0 Å². The summed E-state index contributed by atoms with van der Waals surface area (Å²) in [5, 5.41) is 0. The summed E-state index contributed by atoms with van der Waals surface area (Å²) in [5.74, 6) is 1.57. The van der Waals surface area contributed by atoms with Crippen molar-refractivity contribution in [3.63, 3.8) is 0 Å². The van der Waals surface area contributed by atoms with E-state index in [1.807, 2.05) is 24.5 Å². The van der Waals surface area contributed by atoms with Crippen LogP contribution in [0.1, 0.15) is 32.1 Å². The summed E-state index contributed by atoms with van der Waals surface area (Å²) in [6.07, 6.45) is 8.62. The Balaban J connectivity index is 1.39. The average molecular weight is 315 g/mol. The van der Waals surface area contributed by atoms with Crippen LogP contribution in [0.5, 0.6) is 0 Å². The van der Waals surface area contributed by atoms with Gasteiger partial charge in [0.2, 0.25) is 11.8 Å². The molecule has 2 amide bonds. The fourth-order valence-corrected chi connectivity index (χ4v) is 4.72. The number of hydrogen-bond donors (Lipinski definition) is 0. The van der Waals surface area contributed by atoms with Crippen molar-refractivity contribution in [2.75, 3.05) is 19.6 Å². The van der Waals surface area contributed by atoms with Crippen LogP contribution >= 0.6 is 0 Å². The maximum Gasteiger partial charge on any atom is 0.224 e. The maximum atomic E-state index is 12.6. The Bertz CT molecular complexity index is 583. The highest BCUT2D eigenvalue weighted by Gasteiger charge is 2.44. The lowest BCUT2D eigenvalue weighted by Gasteiger charge is -2.52. The molecule has 5 heteroatoms. The van der Waals surface area contributed by atoms with Crippen molar-refractivity contribution >= 4 is 11.8 Å². The molecule has 1 aromatic heterocycles. The molecule has 3 aliphatic rings. The van der Waals surface area contributed by atoms with Gasteiger partial charge in [0.05, 0.1) is 0 Å². The number of piperidine rings is 3. The van der Waals surface area contributed by atoms with Gasteiger partial charge in [0.1, 0.15) is 0 Å². The first-order valence-corrected chi connectivity index (χ1v) is 8.88. The van der Waals surface area contributed by atoms with E-state index in [9.17, 15) is 9.59 Å². The van der Waals surface area contributed by atoms with Crippen LogP contribution in [0.4, 0.5) is 0 Å². The Kier molecular flexibility index (Phi) is 3.87. The van der Waals surface area contributed by atoms with Gasteiger partial charge in [-0.3, -0.25) is 9.59 Å². The minimum atomic E-state index is 0.268. The smallest absolute Gasteiger partial charge is 0.224 e. The van der Waals surface area contributed by atoms with Gasteiger partial charge < -0.3 is 14.4 Å². The Labute approximate surface area is 137 Å². The van der Waals surface area contributed by atoms with Gasteiger partial charge in [-0.2, -0.15) is 0 Å². The molecule has 3 atom stereocenters. The van der Waals surface area contributed by atoms with E-state index < -0.39 is 0 Å². The quantitative estimate of drug-likeness (QED) is 0.853. The van der Waals surface area contributed by atoms with E-state index in [0.717, 1.165) is 45.4 Å². The predicted octanol–water partition coefficient (Wildman–Crippen LogP) is 1.74. The van der Waals surface area contributed by atoms with E-state index in [1.54, 1.807) is 0 Å². The van der Waals surface area contributed by atoms with E-state index >= 15 is 0 Å². The summed E-state index contributed by atoms with van der Waals surface area (Å²) >= 11 is 0. The van der Waals surface area contributed by atoms with Crippen molar-refractivity contribution < 1.29 is 9.59 Å². The molecule has 0 aromatic carbocycles. The number of nitrogens with zero attached hydrogens (tertiary/aromatic N) is 3. The van der Waals surface area contributed by atoms with Crippen molar-refractivity contribution in [2.45, 2.75) is 44.7 Å². The highest BCUT2D eigenvalue weighted by molar-refractivity contribution is 5.78. The minimum absolute atomic E-state index is 0.268. The molecular formula is C18H25N3O2. The first-order chi connectivity index (χ1) is 11.2. The Morgan fingerprint density at radius 2 is 2.00 bits per heavy atom. The fraction of sp³-hybridized carbons (Fsp3) is 0.667. The summed E-state index contributed by atoms with van der Waals surface area (Å²) < 4.78 is 2.06. The lowest BCUT2D eigenvalue weighted by atomic mass is 9.76. The molecule has 4 rings (SSSR count). The highest BCUT2D eigenvalue weighted by Crippen LogP contribution is 2.38. The van der Waals surface area contributed by atoms with Crippen molar-refractivity contribution in [3.05, 3.63) is 24.5 Å². The summed E-state index contributed by atoms with van der Waals surface area (Å²) in [5.41, 5.74) is 0. The summed E-state index contributed by atoms with van der Waals surface area (Å²) in [6, 6.07) is 4.36. The summed E-state index contributed by atoms with van der Waals surface area (Å²) in [6.45, 7) is 3.29. The molecule has 0 N–H and O–H groups in total. The third-order valence-electron chi connectivity index (χ3n) is 5.78. The number of likely N-dealkylation sites (tertiary alicyclic amines) is 1. The number of aryl methyl sites for hydroxylation is 1. The van der Waals surface area contributed by atoms with Gasteiger partial charge in [-0.1, -0.05) is 0 Å². The number of carbonyl (C=O) groups is 2. The zero-order valence-electron chi connectivity index (χ0n) is 13.6. The van der Waals surface area contributed by atoms with Gasteiger partial charge in [-0.05, 0) is 43.2 Å². The molecule has 5 nitrogen and oxygen atoms in total. The summed E-state index contributed by atoms with van der Waals surface area (Å²) in [7, 11) is 0. The molecule has 2 bridgehead atoms. The number of hydrogen-bond acceptors (Lipinski definition) is 2. The zero-order chi connectivity index (χ0) is 15.8. The maximum absolute atomic E-state index is 12.6. The number of rotatable bonds is 3. The minimum Gasteiger partial charge on any atom is -0.354 e. The van der Waals surface area contributed by atoms with Gasteiger partial charge in [0, 0.05) is 57.5 Å². The normalized spacial score (nSPS) is 30.3. The van der Waals surface area contributed by atoms with Crippen LogP contribution in [0.25, 0.3) is 0 Å². The molecule has 1 aromatic rings. The van der Waals surface area contributed by atoms with Crippen LogP contribution in [0.2, 0.25) is 0 Å². The molecule has 0 saturated carbocycles. The first kappa shape index (κ1) is 14.8. The van der Waals surface area contributed by atoms with Crippen molar-refractivity contribution in [3.8, 4) is 0 Å². The molecule has 3 aliphatic heterocycles. The number of amides is 2. The van der Waals surface area contributed by atoms with E-state index in [1.165, 1.54) is 6.42 Å². The second-order valence-electron chi connectivity index (χ2n) is 7.34. The largest absolute Gasteiger partial charge is 0.354 e. The second-order valence-corrected chi connectivity index (χ2v) is 7.34. The molecule has 0 radical (unpaired) electrons. The molecular weight excluding hydrogens is 290 g/mol. The lowest BCUT2D eigenvalue weighted by molar-refractivity contribution is -0.148. The van der Waals surface area contributed by atoms with Gasteiger partial charge in [0.25, 0.3) is 0 Å². The zero-order valence-corrected chi connectivity index (χ0v) is 13.6. The third kappa shape index (κ3) is 2.89. The van der Waals surface area contributed by atoms with Gasteiger partial charge in [0.15, 0.2) is 0 Å². The first-order valence-electron chi connectivity index (χ1n) is 8.88. The lowest BCUT2D eigenvalue weighted by Crippen LogP contribution is -2.61. The average Bonchev–Trinajstić information content (AvgIpc) is 3.07. The van der Waals surface area contributed by atoms with Crippen molar-refractivity contribution in [1.82, 2.24) is 14.4 Å². The molecule has 23 heavy (non-hydrogen) atoms. The van der Waals surface area contributed by atoms with Crippen LogP contribution in [0, 0.1) is 11.8 Å². The van der Waals surface area contributed by atoms with Crippen LogP contribution in [-0.4, -0.2) is 51.9 Å². The van der Waals surface area contributed by atoms with Crippen LogP contribution < -0.4 is 0 Å². The molecule has 0 spiro atoms. The molecule has 124 valence electrons. The Hall–Kier alpha value is -1.78. The standard InChI is InChI=1S/C18H25N3O2/c22-17(6-9-19-7-1-2-8-19)20-11-14-10-15(13-20)16-4-3-5-18(23)21(16)12-14/h1-2,7-8,14-16H,3-6,9-13H2/t14-,15+,16?/m1/s1. The Morgan fingerprint density at radius 3 is 2.83 bits per heavy atom. The van der Waals surface area contributed by atoms with Crippen molar-refractivity contribution in [2.24, 2.45) is 11.8 Å². The van der Waals surface area contributed by atoms with Crippen LogP contribution in [-0.2, 0) is 16.1 Å². The third-order valence-corrected chi connectivity index (χ3v) is 5.78. The molecule has 3 fully saturated rings. The van der Waals surface area contributed by atoms with E-state index in [2.05, 4.69) is 14.4 Å². The summed E-state index contributed by atoms with van der Waals surface area (Å²) in [4.78, 5) is 28.9. The number of carbonyl (C=O) groups excluding carboxylic acids is 2. The van der Waals surface area contributed by atoms with Gasteiger partial charge >= 0.3 is 0 Å². The fourth-order valence-electron chi connectivity index (χ4n) is 4.72. The Morgan fingerprint density at radius 1 is 1.17 bits per heavy atom. The van der Waals surface area contributed by atoms with Gasteiger partial charge in [-0.25, -0.2) is 0 Å². The van der Waals surface area contributed by atoms with Gasteiger partial charge in [-0.15, -0.1) is 0 Å². The van der Waals surface area contributed by atoms with E-state index in [0.29, 0.717) is 30.2 Å². The topological polar surface area (TPSA) is 45.6 Å². The molecule has 4 heterocycles. The van der Waals surface area contributed by atoms with E-state index in [4.69, 9.17) is 0 Å². The second kappa shape index (κ2) is 6.02. The number of aromatic nitrogens is 1. The molecule has 1 unspecified atom stereocenters. The highest BCUT2D eigenvalue weighted by atomic mass is 16.2. The molecule has 3 saturated heterocycles. The SMILES string of the molecule is O=C(CCn1cccc1)N1C[C@H]2C[C@@H](C1)C1CCCC(=O)N1C2. The van der Waals surface area contributed by atoms with E-state index in [-0.39, 0.29) is 5.91 Å². The predicted molar refractivity (Wildman–Crippen MR) is 86.6 cm³/mol. The number of fused-ring (bicyclic) bond motifs is 4. The van der Waals surface area contributed by atoms with Crippen LogP contribution in [0.15, 0.2) is 24.5 Å².